The van der Waals surface area contributed by atoms with Crippen molar-refractivity contribution in [2.24, 2.45) is 0 Å². The van der Waals surface area contributed by atoms with Crippen molar-refractivity contribution in [2.75, 3.05) is 43.0 Å². The van der Waals surface area contributed by atoms with E-state index in [1.807, 2.05) is 29.6 Å². The first kappa shape index (κ1) is 21.8. The number of piperazine rings is 1. The molecule has 2 N–H and O–H groups in total. The Labute approximate surface area is 199 Å². The molecule has 3 aromatic heterocycles. The summed E-state index contributed by atoms with van der Waals surface area (Å²) in [6, 6.07) is 9.82. The van der Waals surface area contributed by atoms with E-state index in [0.29, 0.717) is 31.2 Å². The fourth-order valence-corrected chi connectivity index (χ4v) is 5.15. The topological polar surface area (TPSA) is 94.5 Å². The summed E-state index contributed by atoms with van der Waals surface area (Å²) in [6.07, 6.45) is 1.57. The van der Waals surface area contributed by atoms with Crippen LogP contribution in [0.2, 0.25) is 5.02 Å². The maximum atomic E-state index is 11.9. The molecule has 1 fully saturated rings. The number of anilines is 2. The lowest BCUT2D eigenvalue weighted by Gasteiger charge is -2.36. The highest BCUT2D eigenvalue weighted by Crippen LogP contribution is 2.34. The number of aliphatic hydroxyl groups is 1. The molecule has 0 radical (unpaired) electrons. The molecule has 4 heterocycles. The highest BCUT2D eigenvalue weighted by atomic mass is 35.5. The minimum Gasteiger partial charge on any atom is -0.387 e. The highest BCUT2D eigenvalue weighted by molar-refractivity contribution is 7.16. The Balaban J connectivity index is 1.51. The molecule has 0 bridgehead atoms. The Morgan fingerprint density at radius 1 is 1.24 bits per heavy atom. The number of hydrogen-bond acceptors (Lipinski definition) is 8. The second-order valence-electron chi connectivity index (χ2n) is 7.97. The van der Waals surface area contributed by atoms with E-state index in [2.05, 4.69) is 33.2 Å². The van der Waals surface area contributed by atoms with Gasteiger partial charge < -0.3 is 20.2 Å². The molecule has 170 valence electrons. The van der Waals surface area contributed by atoms with Crippen LogP contribution in [0.15, 0.2) is 42.0 Å². The molecular weight excluding hydrogens is 460 g/mol. The van der Waals surface area contributed by atoms with E-state index in [1.165, 1.54) is 0 Å². The zero-order valence-corrected chi connectivity index (χ0v) is 19.6. The first-order valence-corrected chi connectivity index (χ1v) is 12.0. The summed E-state index contributed by atoms with van der Waals surface area (Å²) in [7, 11) is 0. The Morgan fingerprint density at radius 3 is 2.85 bits per heavy atom. The van der Waals surface area contributed by atoms with Crippen LogP contribution in [0, 0.1) is 0 Å². The number of rotatable bonds is 5. The fraction of sp³-hybridized carbons (Fsp3) is 0.304. The lowest BCUT2D eigenvalue weighted by molar-refractivity contribution is -0.134. The SMILES string of the molecule is C[C@H](Nc1ncnc2sccc12)c1cc2cccc(Cl)c2nc1N1CCN(C(=O)CO)CC1. The minimum atomic E-state index is -0.466. The first-order chi connectivity index (χ1) is 16.0. The molecule has 0 unspecified atom stereocenters. The predicted octanol–water partition coefficient (Wildman–Crippen LogP) is 3.71. The molecule has 1 atom stereocenters. The van der Waals surface area contributed by atoms with Crippen LogP contribution in [0.3, 0.4) is 0 Å². The lowest BCUT2D eigenvalue weighted by Crippen LogP contribution is -2.50. The van der Waals surface area contributed by atoms with Crippen molar-refractivity contribution in [3.05, 3.63) is 52.6 Å². The summed E-state index contributed by atoms with van der Waals surface area (Å²) in [4.78, 5) is 30.5. The Bertz CT molecular complexity index is 1320. The van der Waals surface area contributed by atoms with E-state index < -0.39 is 6.61 Å². The number of aliphatic hydroxyl groups excluding tert-OH is 1. The Kier molecular flexibility index (Phi) is 6.01. The maximum absolute atomic E-state index is 11.9. The maximum Gasteiger partial charge on any atom is 0.248 e. The second-order valence-corrected chi connectivity index (χ2v) is 9.27. The second kappa shape index (κ2) is 9.09. The molecule has 0 spiro atoms. The van der Waals surface area contributed by atoms with E-state index >= 15 is 0 Å². The third-order valence-corrected chi connectivity index (χ3v) is 7.08. The van der Waals surface area contributed by atoms with Gasteiger partial charge in [0.15, 0.2) is 0 Å². The van der Waals surface area contributed by atoms with Gasteiger partial charge in [-0.15, -0.1) is 11.3 Å². The van der Waals surface area contributed by atoms with Crippen LogP contribution in [0.25, 0.3) is 21.1 Å². The van der Waals surface area contributed by atoms with E-state index in [1.54, 1.807) is 22.6 Å². The molecule has 5 rings (SSSR count). The predicted molar refractivity (Wildman–Crippen MR) is 132 cm³/mol. The van der Waals surface area contributed by atoms with Gasteiger partial charge in [0.2, 0.25) is 5.91 Å². The van der Waals surface area contributed by atoms with Crippen molar-refractivity contribution in [1.82, 2.24) is 19.9 Å². The molecule has 8 nitrogen and oxygen atoms in total. The number of aromatic nitrogens is 3. The number of nitrogens with zero attached hydrogens (tertiary/aromatic N) is 5. The number of amides is 1. The molecule has 10 heteroatoms. The van der Waals surface area contributed by atoms with Gasteiger partial charge in [-0.1, -0.05) is 23.7 Å². The van der Waals surface area contributed by atoms with Crippen LogP contribution >= 0.6 is 22.9 Å². The van der Waals surface area contributed by atoms with Gasteiger partial charge in [0.25, 0.3) is 0 Å². The van der Waals surface area contributed by atoms with Crippen molar-refractivity contribution >= 4 is 61.6 Å². The van der Waals surface area contributed by atoms with Gasteiger partial charge in [-0.25, -0.2) is 15.0 Å². The normalized spacial score (nSPS) is 15.2. The number of halogens is 1. The van der Waals surface area contributed by atoms with E-state index in [-0.39, 0.29) is 11.9 Å². The standard InChI is InChI=1S/C23H23ClN6O2S/c1-14(27-21-16-5-10-33-23(16)26-13-25-21)17-11-15-3-2-4-18(24)20(15)28-22(17)30-8-6-29(7-9-30)19(32)12-31/h2-5,10-11,13-14,31H,6-9,12H2,1H3,(H,25,26,27)/t14-/m0/s1. The van der Waals surface area contributed by atoms with Gasteiger partial charge in [0, 0.05) is 37.1 Å². The van der Waals surface area contributed by atoms with Crippen molar-refractivity contribution in [2.45, 2.75) is 13.0 Å². The highest BCUT2D eigenvalue weighted by Gasteiger charge is 2.25. The molecule has 1 amide bonds. The number of pyridine rings is 1. The molecule has 4 aromatic rings. The Hall–Kier alpha value is -3.01. The van der Waals surface area contributed by atoms with E-state index in [9.17, 15) is 9.90 Å². The summed E-state index contributed by atoms with van der Waals surface area (Å²) in [6.45, 7) is 3.93. The molecular formula is C23H23ClN6O2S. The van der Waals surface area contributed by atoms with Gasteiger partial charge in [0.1, 0.15) is 29.4 Å². The number of nitrogens with one attached hydrogen (secondary N) is 1. The summed E-state index contributed by atoms with van der Waals surface area (Å²) < 4.78 is 0. The summed E-state index contributed by atoms with van der Waals surface area (Å²) in [5.74, 6) is 1.37. The average Bonchev–Trinajstić information content (AvgIpc) is 3.33. The lowest BCUT2D eigenvalue weighted by atomic mass is 10.0. The fourth-order valence-electron chi connectivity index (χ4n) is 4.20. The van der Waals surface area contributed by atoms with Crippen LogP contribution in [-0.2, 0) is 4.79 Å². The molecule has 0 aliphatic carbocycles. The Morgan fingerprint density at radius 2 is 2.06 bits per heavy atom. The smallest absolute Gasteiger partial charge is 0.248 e. The summed E-state index contributed by atoms with van der Waals surface area (Å²) >= 11 is 8.05. The quantitative estimate of drug-likeness (QED) is 0.447. The molecule has 1 aliphatic rings. The number of carbonyl (C=O) groups excluding carboxylic acids is 1. The van der Waals surface area contributed by atoms with Crippen LogP contribution in [0.4, 0.5) is 11.6 Å². The number of fused-ring (bicyclic) bond motifs is 2. The molecule has 33 heavy (non-hydrogen) atoms. The molecule has 1 aromatic carbocycles. The average molecular weight is 483 g/mol. The van der Waals surface area contributed by atoms with E-state index in [0.717, 1.165) is 38.3 Å². The van der Waals surface area contributed by atoms with Gasteiger partial charge in [-0.05, 0) is 30.5 Å². The van der Waals surface area contributed by atoms with Gasteiger partial charge >= 0.3 is 0 Å². The largest absolute Gasteiger partial charge is 0.387 e. The van der Waals surface area contributed by atoms with Crippen LogP contribution in [0.5, 0.6) is 0 Å². The monoisotopic (exact) mass is 482 g/mol. The first-order valence-electron chi connectivity index (χ1n) is 10.7. The third-order valence-electron chi connectivity index (χ3n) is 5.95. The van der Waals surface area contributed by atoms with Gasteiger partial charge in [-0.2, -0.15) is 0 Å². The van der Waals surface area contributed by atoms with Crippen LogP contribution in [0.1, 0.15) is 18.5 Å². The number of thiophene rings is 1. The van der Waals surface area contributed by atoms with E-state index in [4.69, 9.17) is 16.6 Å². The van der Waals surface area contributed by atoms with Crippen molar-refractivity contribution < 1.29 is 9.90 Å². The third kappa shape index (κ3) is 4.19. The van der Waals surface area contributed by atoms with Crippen molar-refractivity contribution in [3.63, 3.8) is 0 Å². The number of benzene rings is 1. The van der Waals surface area contributed by atoms with Crippen LogP contribution in [-0.4, -0.2) is 63.7 Å². The number of hydrogen-bond donors (Lipinski definition) is 2. The molecule has 1 aliphatic heterocycles. The zero-order valence-electron chi connectivity index (χ0n) is 18.0. The van der Waals surface area contributed by atoms with Gasteiger partial charge in [-0.3, -0.25) is 4.79 Å². The summed E-state index contributed by atoms with van der Waals surface area (Å²) in [5, 5.41) is 17.3. The molecule has 1 saturated heterocycles. The molecule has 0 saturated carbocycles. The van der Waals surface area contributed by atoms with Crippen molar-refractivity contribution in [3.8, 4) is 0 Å². The van der Waals surface area contributed by atoms with Gasteiger partial charge in [0.05, 0.1) is 22.0 Å². The minimum absolute atomic E-state index is 0.0917. The summed E-state index contributed by atoms with van der Waals surface area (Å²) in [5.41, 5.74) is 1.77. The zero-order chi connectivity index (χ0) is 22.9. The van der Waals surface area contributed by atoms with Crippen LogP contribution < -0.4 is 10.2 Å². The number of para-hydroxylation sites is 1. The number of carbonyl (C=O) groups is 1. The van der Waals surface area contributed by atoms with Crippen molar-refractivity contribution in [1.29, 1.82) is 0 Å².